The highest BCUT2D eigenvalue weighted by Crippen LogP contribution is 2.09. The van der Waals surface area contributed by atoms with Gasteiger partial charge in [-0.1, -0.05) is 12.2 Å². The Kier molecular flexibility index (Phi) is 2.64. The lowest BCUT2D eigenvalue weighted by Crippen LogP contribution is -2.24. The molecule has 0 aromatic heterocycles. The fourth-order valence-electron chi connectivity index (χ4n) is 1.58. The van der Waals surface area contributed by atoms with Gasteiger partial charge in [-0.15, -0.1) is 0 Å². The Balaban J connectivity index is 1.65. The largest absolute Gasteiger partial charge is 0.339 e. The zero-order valence-electron chi connectivity index (χ0n) is 7.91. The predicted molar refractivity (Wildman–Crippen MR) is 51.4 cm³/mol. The first-order valence-electron chi connectivity index (χ1n) is 5.01. The van der Waals surface area contributed by atoms with E-state index in [0.29, 0.717) is 5.91 Å². The standard InChI is InChI=1S/C10H16N2O/c13-10-4-3-7-12(10)6-2-1-5-11-8-9-11/h1-2H,3-9H2/b2-1+. The van der Waals surface area contributed by atoms with Gasteiger partial charge in [-0.05, 0) is 6.42 Å². The van der Waals surface area contributed by atoms with E-state index in [4.69, 9.17) is 0 Å². The van der Waals surface area contributed by atoms with Gasteiger partial charge in [0.1, 0.15) is 0 Å². The Hall–Kier alpha value is -0.830. The quantitative estimate of drug-likeness (QED) is 0.464. The number of amides is 1. The maximum Gasteiger partial charge on any atom is 0.222 e. The van der Waals surface area contributed by atoms with E-state index >= 15 is 0 Å². The second-order valence-electron chi connectivity index (χ2n) is 3.72. The van der Waals surface area contributed by atoms with Crippen LogP contribution in [0.5, 0.6) is 0 Å². The van der Waals surface area contributed by atoms with Gasteiger partial charge in [0.05, 0.1) is 0 Å². The van der Waals surface area contributed by atoms with Crippen LogP contribution in [0.1, 0.15) is 12.8 Å². The number of nitrogens with zero attached hydrogens (tertiary/aromatic N) is 2. The van der Waals surface area contributed by atoms with Crippen molar-refractivity contribution < 1.29 is 4.79 Å². The molecule has 2 rings (SSSR count). The molecule has 13 heavy (non-hydrogen) atoms. The number of hydrogen-bond donors (Lipinski definition) is 0. The van der Waals surface area contributed by atoms with Crippen LogP contribution in [0.2, 0.25) is 0 Å². The Labute approximate surface area is 79.0 Å². The van der Waals surface area contributed by atoms with E-state index in [-0.39, 0.29) is 0 Å². The second kappa shape index (κ2) is 3.92. The second-order valence-corrected chi connectivity index (χ2v) is 3.72. The maximum absolute atomic E-state index is 11.2. The van der Waals surface area contributed by atoms with Crippen molar-refractivity contribution in [2.24, 2.45) is 0 Å². The molecule has 2 heterocycles. The minimum atomic E-state index is 0.316. The number of carbonyl (C=O) groups excluding carboxylic acids is 1. The Morgan fingerprint density at radius 2 is 1.92 bits per heavy atom. The third-order valence-electron chi connectivity index (χ3n) is 2.57. The summed E-state index contributed by atoms with van der Waals surface area (Å²) in [5.74, 6) is 0.316. The molecule has 0 aromatic carbocycles. The normalized spacial score (nSPS) is 23.4. The summed E-state index contributed by atoms with van der Waals surface area (Å²) in [6, 6.07) is 0. The van der Waals surface area contributed by atoms with E-state index in [9.17, 15) is 4.79 Å². The third-order valence-corrected chi connectivity index (χ3v) is 2.57. The predicted octanol–water partition coefficient (Wildman–Crippen LogP) is 0.481. The van der Waals surface area contributed by atoms with Crippen molar-refractivity contribution in [3.63, 3.8) is 0 Å². The first kappa shape index (κ1) is 8.75. The summed E-state index contributed by atoms with van der Waals surface area (Å²) in [4.78, 5) is 15.5. The third kappa shape index (κ3) is 2.56. The van der Waals surface area contributed by atoms with Crippen LogP contribution in [0.15, 0.2) is 12.2 Å². The lowest BCUT2D eigenvalue weighted by atomic mass is 10.4. The molecule has 2 fully saturated rings. The molecular weight excluding hydrogens is 164 g/mol. The van der Waals surface area contributed by atoms with Gasteiger partial charge in [-0.2, -0.15) is 0 Å². The average molecular weight is 180 g/mol. The van der Waals surface area contributed by atoms with Gasteiger partial charge in [0.2, 0.25) is 5.91 Å². The Morgan fingerprint density at radius 1 is 1.15 bits per heavy atom. The van der Waals surface area contributed by atoms with Crippen molar-refractivity contribution in [2.45, 2.75) is 12.8 Å². The first-order chi connectivity index (χ1) is 6.36. The average Bonchev–Trinajstić information content (AvgIpc) is 2.86. The highest BCUT2D eigenvalue weighted by atomic mass is 16.2. The molecule has 0 bridgehead atoms. The molecular formula is C10H16N2O. The molecule has 0 N–H and O–H groups in total. The van der Waals surface area contributed by atoms with Gasteiger partial charge >= 0.3 is 0 Å². The van der Waals surface area contributed by atoms with E-state index in [1.54, 1.807) is 0 Å². The molecule has 0 aliphatic carbocycles. The van der Waals surface area contributed by atoms with Crippen LogP contribution in [0, 0.1) is 0 Å². The van der Waals surface area contributed by atoms with Crippen LogP contribution in [-0.2, 0) is 4.79 Å². The van der Waals surface area contributed by atoms with Crippen LogP contribution in [0.4, 0.5) is 0 Å². The van der Waals surface area contributed by atoms with Gasteiger partial charge < -0.3 is 4.90 Å². The summed E-state index contributed by atoms with van der Waals surface area (Å²) in [5, 5.41) is 0. The summed E-state index contributed by atoms with van der Waals surface area (Å²) in [7, 11) is 0. The Morgan fingerprint density at radius 3 is 2.54 bits per heavy atom. The van der Waals surface area contributed by atoms with Gasteiger partial charge in [0.25, 0.3) is 0 Å². The summed E-state index contributed by atoms with van der Waals surface area (Å²) in [6.45, 7) is 5.31. The Bertz CT molecular complexity index is 221. The fraction of sp³-hybridized carbons (Fsp3) is 0.700. The van der Waals surface area contributed by atoms with Gasteiger partial charge in [-0.25, -0.2) is 0 Å². The van der Waals surface area contributed by atoms with Crippen LogP contribution in [0.3, 0.4) is 0 Å². The smallest absolute Gasteiger partial charge is 0.222 e. The summed E-state index contributed by atoms with van der Waals surface area (Å²) in [5.41, 5.74) is 0. The van der Waals surface area contributed by atoms with E-state index < -0.39 is 0 Å². The molecule has 0 radical (unpaired) electrons. The summed E-state index contributed by atoms with van der Waals surface area (Å²) in [6.07, 6.45) is 6.07. The number of rotatable bonds is 4. The van der Waals surface area contributed by atoms with Gasteiger partial charge in [-0.3, -0.25) is 9.69 Å². The topological polar surface area (TPSA) is 23.3 Å². The molecule has 2 saturated heterocycles. The van der Waals surface area contributed by atoms with Crippen LogP contribution in [0.25, 0.3) is 0 Å². The molecule has 2 aliphatic rings. The molecule has 0 aromatic rings. The fourth-order valence-corrected chi connectivity index (χ4v) is 1.58. The summed E-state index contributed by atoms with van der Waals surface area (Å²) >= 11 is 0. The highest BCUT2D eigenvalue weighted by Gasteiger charge is 2.18. The molecule has 2 aliphatic heterocycles. The van der Waals surface area contributed by atoms with Crippen LogP contribution >= 0.6 is 0 Å². The lowest BCUT2D eigenvalue weighted by Gasteiger charge is -2.11. The van der Waals surface area contributed by atoms with Crippen molar-refractivity contribution in [1.29, 1.82) is 0 Å². The van der Waals surface area contributed by atoms with Crippen molar-refractivity contribution >= 4 is 5.91 Å². The van der Waals surface area contributed by atoms with E-state index in [0.717, 1.165) is 32.5 Å². The lowest BCUT2D eigenvalue weighted by molar-refractivity contribution is -0.127. The van der Waals surface area contributed by atoms with Crippen LogP contribution in [-0.4, -0.2) is 48.4 Å². The molecule has 0 atom stereocenters. The molecule has 1 amide bonds. The number of likely N-dealkylation sites (tertiary alicyclic amines) is 1. The maximum atomic E-state index is 11.2. The molecule has 3 heteroatoms. The minimum Gasteiger partial charge on any atom is -0.339 e. The summed E-state index contributed by atoms with van der Waals surface area (Å²) < 4.78 is 0. The van der Waals surface area contributed by atoms with Crippen molar-refractivity contribution in [2.75, 3.05) is 32.7 Å². The molecule has 3 nitrogen and oxygen atoms in total. The highest BCUT2D eigenvalue weighted by molar-refractivity contribution is 5.78. The van der Waals surface area contributed by atoms with Crippen molar-refractivity contribution in [3.8, 4) is 0 Å². The zero-order valence-corrected chi connectivity index (χ0v) is 7.91. The van der Waals surface area contributed by atoms with Gasteiger partial charge in [0.15, 0.2) is 0 Å². The number of carbonyl (C=O) groups is 1. The minimum absolute atomic E-state index is 0.316. The molecule has 0 saturated carbocycles. The SMILES string of the molecule is O=C1CCCN1C/C=C/CN1CC1. The van der Waals surface area contributed by atoms with E-state index in [1.165, 1.54) is 13.1 Å². The zero-order chi connectivity index (χ0) is 9.10. The number of hydrogen-bond acceptors (Lipinski definition) is 2. The molecule has 72 valence electrons. The van der Waals surface area contributed by atoms with Crippen molar-refractivity contribution in [1.82, 2.24) is 9.80 Å². The van der Waals surface area contributed by atoms with Crippen molar-refractivity contribution in [3.05, 3.63) is 12.2 Å². The molecule has 0 spiro atoms. The monoisotopic (exact) mass is 180 g/mol. The van der Waals surface area contributed by atoms with Crippen LogP contribution < -0.4 is 0 Å². The van der Waals surface area contributed by atoms with Gasteiger partial charge in [0, 0.05) is 39.1 Å². The van der Waals surface area contributed by atoms with E-state index in [2.05, 4.69) is 17.1 Å². The van der Waals surface area contributed by atoms with E-state index in [1.807, 2.05) is 4.90 Å². The first-order valence-corrected chi connectivity index (χ1v) is 5.01. The molecule has 0 unspecified atom stereocenters.